The highest BCUT2D eigenvalue weighted by Crippen LogP contribution is 2.26. The number of aryl methyl sites for hydroxylation is 2. The Labute approximate surface area is 120 Å². The second-order valence-electron chi connectivity index (χ2n) is 4.54. The van der Waals surface area contributed by atoms with Gasteiger partial charge >= 0.3 is 0 Å². The molecule has 0 aliphatic carbocycles. The van der Waals surface area contributed by atoms with Gasteiger partial charge in [0, 0.05) is 18.2 Å². The zero-order valence-electron chi connectivity index (χ0n) is 10.6. The van der Waals surface area contributed by atoms with Crippen molar-refractivity contribution >= 4 is 28.4 Å². The number of rotatable bonds is 3. The normalized spacial score (nSPS) is 11.1. The molecular formula is C15H12ClFN2O. The van der Waals surface area contributed by atoms with Crippen molar-refractivity contribution in [3.63, 3.8) is 0 Å². The molecule has 0 bridgehead atoms. The van der Waals surface area contributed by atoms with Crippen LogP contribution in [-0.4, -0.2) is 4.98 Å². The Bertz CT molecular complexity index is 770. The summed E-state index contributed by atoms with van der Waals surface area (Å²) in [6.07, 6.45) is 1.29. The van der Waals surface area contributed by atoms with Crippen molar-refractivity contribution in [2.45, 2.75) is 12.8 Å². The maximum atomic E-state index is 13.2. The summed E-state index contributed by atoms with van der Waals surface area (Å²) in [7, 11) is 0. The van der Waals surface area contributed by atoms with E-state index in [-0.39, 0.29) is 5.02 Å². The van der Waals surface area contributed by atoms with Crippen LogP contribution < -0.4 is 5.73 Å². The lowest BCUT2D eigenvalue weighted by atomic mass is 10.1. The molecule has 0 atom stereocenters. The fraction of sp³-hybridized carbons (Fsp3) is 0.133. The van der Waals surface area contributed by atoms with Crippen LogP contribution in [-0.2, 0) is 12.8 Å². The van der Waals surface area contributed by atoms with E-state index in [1.54, 1.807) is 0 Å². The van der Waals surface area contributed by atoms with Crippen molar-refractivity contribution < 1.29 is 8.81 Å². The van der Waals surface area contributed by atoms with E-state index in [0.29, 0.717) is 29.8 Å². The molecule has 1 aromatic heterocycles. The van der Waals surface area contributed by atoms with Gasteiger partial charge in [-0.15, -0.1) is 0 Å². The Hall–Kier alpha value is -2.07. The minimum atomic E-state index is -0.422. The zero-order chi connectivity index (χ0) is 14.1. The first-order valence-electron chi connectivity index (χ1n) is 6.21. The average molecular weight is 291 g/mol. The summed E-state index contributed by atoms with van der Waals surface area (Å²) in [5.74, 6) is 0.102. The molecule has 0 saturated carbocycles. The number of fused-ring (bicyclic) bond motifs is 1. The van der Waals surface area contributed by atoms with Crippen LogP contribution in [0.15, 0.2) is 40.8 Å². The number of hydrogen-bond acceptors (Lipinski definition) is 3. The van der Waals surface area contributed by atoms with Gasteiger partial charge in [0.05, 0.1) is 5.02 Å². The second-order valence-corrected chi connectivity index (χ2v) is 4.95. The topological polar surface area (TPSA) is 52.0 Å². The Morgan fingerprint density at radius 3 is 2.80 bits per heavy atom. The highest BCUT2D eigenvalue weighted by Gasteiger charge is 2.11. The van der Waals surface area contributed by atoms with Crippen molar-refractivity contribution in [2.24, 2.45) is 0 Å². The molecule has 2 aromatic carbocycles. The second kappa shape index (κ2) is 5.13. The third-order valence-electron chi connectivity index (χ3n) is 3.12. The van der Waals surface area contributed by atoms with Crippen molar-refractivity contribution in [1.29, 1.82) is 0 Å². The van der Waals surface area contributed by atoms with Crippen LogP contribution in [0, 0.1) is 5.82 Å². The number of nitrogens with two attached hydrogens (primary N) is 1. The highest BCUT2D eigenvalue weighted by atomic mass is 35.5. The Balaban J connectivity index is 1.85. The molecule has 3 nitrogen and oxygen atoms in total. The summed E-state index contributed by atoms with van der Waals surface area (Å²) in [6, 6.07) is 10.2. The smallest absolute Gasteiger partial charge is 0.195 e. The molecule has 102 valence electrons. The van der Waals surface area contributed by atoms with Gasteiger partial charge in [-0.2, -0.15) is 0 Å². The molecule has 0 radical (unpaired) electrons. The lowest BCUT2D eigenvalue weighted by molar-refractivity contribution is 0.528. The van der Waals surface area contributed by atoms with Crippen LogP contribution >= 0.6 is 11.6 Å². The molecule has 1 heterocycles. The number of aromatic nitrogens is 1. The monoisotopic (exact) mass is 290 g/mol. The van der Waals surface area contributed by atoms with Crippen molar-refractivity contribution in [1.82, 2.24) is 4.98 Å². The van der Waals surface area contributed by atoms with Gasteiger partial charge in [-0.25, -0.2) is 9.37 Å². The summed E-state index contributed by atoms with van der Waals surface area (Å²) >= 11 is 5.92. The quantitative estimate of drug-likeness (QED) is 0.742. The molecule has 2 N–H and O–H groups in total. The van der Waals surface area contributed by atoms with Gasteiger partial charge in [0.25, 0.3) is 0 Å². The van der Waals surface area contributed by atoms with E-state index in [4.69, 9.17) is 21.8 Å². The third kappa shape index (κ3) is 2.47. The predicted molar refractivity (Wildman–Crippen MR) is 77.2 cm³/mol. The molecule has 0 aliphatic rings. The van der Waals surface area contributed by atoms with Crippen LogP contribution in [0.1, 0.15) is 11.5 Å². The molecule has 0 saturated heterocycles. The van der Waals surface area contributed by atoms with E-state index in [1.165, 1.54) is 12.1 Å². The Kier molecular flexibility index (Phi) is 3.32. The van der Waals surface area contributed by atoms with E-state index in [1.807, 2.05) is 24.3 Å². The van der Waals surface area contributed by atoms with Gasteiger partial charge < -0.3 is 10.2 Å². The molecule has 5 heteroatoms. The van der Waals surface area contributed by atoms with E-state index >= 15 is 0 Å². The lowest BCUT2D eigenvalue weighted by Gasteiger charge is -2.02. The number of anilines is 1. The number of nitrogen functional groups attached to an aromatic ring is 1. The summed E-state index contributed by atoms with van der Waals surface area (Å²) in [6.45, 7) is 0. The third-order valence-corrected chi connectivity index (χ3v) is 3.40. The summed E-state index contributed by atoms with van der Waals surface area (Å²) < 4.78 is 18.8. The summed E-state index contributed by atoms with van der Waals surface area (Å²) in [4.78, 5) is 4.25. The number of halogens is 2. The minimum Gasteiger partial charge on any atom is -0.439 e. The van der Waals surface area contributed by atoms with Crippen molar-refractivity contribution in [2.75, 3.05) is 5.73 Å². The van der Waals surface area contributed by atoms with Crippen LogP contribution in [0.4, 0.5) is 10.1 Å². The first kappa shape index (κ1) is 12.9. The van der Waals surface area contributed by atoms with Gasteiger partial charge in [-0.3, -0.25) is 0 Å². The molecule has 0 spiro atoms. The number of para-hydroxylation sites is 1. The van der Waals surface area contributed by atoms with Crippen LogP contribution in [0.25, 0.3) is 11.1 Å². The van der Waals surface area contributed by atoms with E-state index < -0.39 is 5.82 Å². The maximum Gasteiger partial charge on any atom is 0.195 e. The highest BCUT2D eigenvalue weighted by molar-refractivity contribution is 6.34. The van der Waals surface area contributed by atoms with Gasteiger partial charge in [-0.1, -0.05) is 29.8 Å². The average Bonchev–Trinajstić information content (AvgIpc) is 2.81. The molecule has 20 heavy (non-hydrogen) atoms. The first-order valence-corrected chi connectivity index (χ1v) is 6.59. The summed E-state index contributed by atoms with van der Waals surface area (Å²) in [5, 5.41) is 0.234. The molecule has 0 unspecified atom stereocenters. The predicted octanol–water partition coefficient (Wildman–Crippen LogP) is 3.99. The summed E-state index contributed by atoms with van der Waals surface area (Å²) in [5.41, 5.74) is 8.52. The maximum absolute atomic E-state index is 13.2. The standard InChI is InChI=1S/C15H12ClFN2O/c16-11-7-10(17)8-13-15(11)20-14(19-13)6-5-9-3-1-2-4-12(9)18/h1-4,7-8H,5-6,18H2. The van der Waals surface area contributed by atoms with Crippen LogP contribution in [0.3, 0.4) is 0 Å². The SMILES string of the molecule is Nc1ccccc1CCc1nc2cc(F)cc(Cl)c2o1. The molecule has 0 amide bonds. The molecule has 3 aromatic rings. The lowest BCUT2D eigenvalue weighted by Crippen LogP contribution is -1.96. The number of benzene rings is 2. The van der Waals surface area contributed by atoms with Gasteiger partial charge in [0.1, 0.15) is 11.3 Å². The van der Waals surface area contributed by atoms with Crippen molar-refractivity contribution in [3.8, 4) is 0 Å². The molecular weight excluding hydrogens is 279 g/mol. The molecule has 3 rings (SSSR count). The Morgan fingerprint density at radius 2 is 2.00 bits per heavy atom. The number of oxazole rings is 1. The van der Waals surface area contributed by atoms with E-state index in [0.717, 1.165) is 11.3 Å². The first-order chi connectivity index (χ1) is 9.63. The van der Waals surface area contributed by atoms with Crippen LogP contribution in [0.5, 0.6) is 0 Å². The molecule has 0 aliphatic heterocycles. The van der Waals surface area contributed by atoms with E-state index in [2.05, 4.69) is 4.98 Å². The van der Waals surface area contributed by atoms with Gasteiger partial charge in [0.15, 0.2) is 11.5 Å². The Morgan fingerprint density at radius 1 is 1.20 bits per heavy atom. The number of nitrogens with zero attached hydrogens (tertiary/aromatic N) is 1. The largest absolute Gasteiger partial charge is 0.439 e. The fourth-order valence-electron chi connectivity index (χ4n) is 2.12. The number of hydrogen-bond donors (Lipinski definition) is 1. The van der Waals surface area contributed by atoms with Crippen molar-refractivity contribution in [3.05, 3.63) is 58.7 Å². The molecule has 0 fully saturated rings. The van der Waals surface area contributed by atoms with Gasteiger partial charge in [0.2, 0.25) is 0 Å². The fourth-order valence-corrected chi connectivity index (χ4v) is 2.36. The van der Waals surface area contributed by atoms with E-state index in [9.17, 15) is 4.39 Å². The van der Waals surface area contributed by atoms with Gasteiger partial charge in [-0.05, 0) is 24.1 Å². The van der Waals surface area contributed by atoms with Crippen LogP contribution in [0.2, 0.25) is 5.02 Å². The zero-order valence-corrected chi connectivity index (χ0v) is 11.3. The minimum absolute atomic E-state index is 0.234.